The van der Waals surface area contributed by atoms with E-state index < -0.39 is 0 Å². The van der Waals surface area contributed by atoms with Gasteiger partial charge in [0.15, 0.2) is 0 Å². The lowest BCUT2D eigenvalue weighted by Gasteiger charge is -2.09. The first-order chi connectivity index (χ1) is 8.72. The Morgan fingerprint density at radius 1 is 1.06 bits per heavy atom. The monoisotopic (exact) mass is 300 g/mol. The summed E-state index contributed by atoms with van der Waals surface area (Å²) in [6.07, 6.45) is 1.87. The maximum Gasteiger partial charge on any atom is 0.130 e. The molecular formula is C11H16N4S3. The molecule has 0 aromatic carbocycles. The van der Waals surface area contributed by atoms with Gasteiger partial charge in [-0.1, -0.05) is 13.8 Å². The molecule has 0 aliphatic heterocycles. The van der Waals surface area contributed by atoms with Crippen LogP contribution in [0.5, 0.6) is 0 Å². The molecule has 1 unspecified atom stereocenters. The minimum absolute atomic E-state index is 0.360. The molecule has 0 N–H and O–H groups in total. The smallest absolute Gasteiger partial charge is 0.130 e. The van der Waals surface area contributed by atoms with Crippen molar-refractivity contribution in [3.05, 3.63) is 20.0 Å². The normalized spacial score (nSPS) is 12.8. The second-order valence-corrected chi connectivity index (χ2v) is 7.59. The number of nitrogens with zero attached hydrogens (tertiary/aromatic N) is 4. The Balaban J connectivity index is 2.10. The summed E-state index contributed by atoms with van der Waals surface area (Å²) in [5.41, 5.74) is 0. The molecule has 1 atom stereocenters. The van der Waals surface area contributed by atoms with Crippen molar-refractivity contribution in [2.24, 2.45) is 0 Å². The molecule has 0 aliphatic carbocycles. The average molecular weight is 300 g/mol. The van der Waals surface area contributed by atoms with Gasteiger partial charge in [-0.3, -0.25) is 0 Å². The van der Waals surface area contributed by atoms with Crippen LogP contribution >= 0.6 is 34.4 Å². The van der Waals surface area contributed by atoms with Gasteiger partial charge in [0, 0.05) is 6.42 Å². The van der Waals surface area contributed by atoms with Crippen LogP contribution in [0.15, 0.2) is 0 Å². The standard InChI is InChI=1S/C11H16N4S3/c1-4-9-13-14-10(18-9)6-8(16-5-2)11-15-12-7(3)17-11/h8H,4-6H2,1-3H3. The Kier molecular flexibility index (Phi) is 5.08. The van der Waals surface area contributed by atoms with Crippen LogP contribution in [0.25, 0.3) is 0 Å². The summed E-state index contributed by atoms with van der Waals surface area (Å²) < 4.78 is 0. The first-order valence-electron chi connectivity index (χ1n) is 5.95. The maximum absolute atomic E-state index is 4.26. The Hall–Kier alpha value is -0.530. The van der Waals surface area contributed by atoms with E-state index in [-0.39, 0.29) is 0 Å². The zero-order valence-electron chi connectivity index (χ0n) is 10.7. The van der Waals surface area contributed by atoms with Crippen molar-refractivity contribution in [2.75, 3.05) is 5.75 Å². The second-order valence-electron chi connectivity index (χ2n) is 3.75. The summed E-state index contributed by atoms with van der Waals surface area (Å²) in [6, 6.07) is 0. The van der Waals surface area contributed by atoms with Crippen molar-refractivity contribution >= 4 is 34.4 Å². The molecule has 2 heterocycles. The molecule has 98 valence electrons. The Morgan fingerprint density at radius 3 is 2.39 bits per heavy atom. The summed E-state index contributed by atoms with van der Waals surface area (Å²) in [4.78, 5) is 0. The molecule has 0 amide bonds. The van der Waals surface area contributed by atoms with Crippen LogP contribution in [0, 0.1) is 6.92 Å². The van der Waals surface area contributed by atoms with Gasteiger partial charge in [0.25, 0.3) is 0 Å². The van der Waals surface area contributed by atoms with E-state index in [1.807, 2.05) is 18.7 Å². The van der Waals surface area contributed by atoms with E-state index in [1.165, 1.54) is 0 Å². The predicted octanol–water partition coefficient (Wildman–Crippen LogP) is 3.30. The minimum Gasteiger partial charge on any atom is -0.151 e. The van der Waals surface area contributed by atoms with Crippen LogP contribution in [0.3, 0.4) is 0 Å². The quantitative estimate of drug-likeness (QED) is 0.819. The molecule has 0 saturated carbocycles. The number of hydrogen-bond donors (Lipinski definition) is 0. The highest BCUT2D eigenvalue weighted by Crippen LogP contribution is 2.34. The number of aryl methyl sites for hydroxylation is 2. The fourth-order valence-electron chi connectivity index (χ4n) is 1.53. The summed E-state index contributed by atoms with van der Waals surface area (Å²) in [6.45, 7) is 6.27. The van der Waals surface area contributed by atoms with E-state index in [4.69, 9.17) is 0 Å². The fraction of sp³-hybridized carbons (Fsp3) is 0.636. The van der Waals surface area contributed by atoms with Crippen molar-refractivity contribution in [1.29, 1.82) is 0 Å². The molecule has 0 spiro atoms. The molecule has 0 radical (unpaired) electrons. The number of hydrogen-bond acceptors (Lipinski definition) is 7. The maximum atomic E-state index is 4.26. The van der Waals surface area contributed by atoms with Gasteiger partial charge in [0.05, 0.1) is 5.25 Å². The number of rotatable bonds is 6. The first kappa shape index (κ1) is 13.9. The Bertz CT molecular complexity index is 494. The van der Waals surface area contributed by atoms with Gasteiger partial charge in [0.1, 0.15) is 20.0 Å². The van der Waals surface area contributed by atoms with Crippen molar-refractivity contribution in [3.63, 3.8) is 0 Å². The van der Waals surface area contributed by atoms with Gasteiger partial charge in [-0.05, 0) is 19.1 Å². The highest BCUT2D eigenvalue weighted by molar-refractivity contribution is 7.99. The highest BCUT2D eigenvalue weighted by atomic mass is 32.2. The average Bonchev–Trinajstić information content (AvgIpc) is 2.97. The molecule has 18 heavy (non-hydrogen) atoms. The van der Waals surface area contributed by atoms with E-state index in [2.05, 4.69) is 34.2 Å². The lowest BCUT2D eigenvalue weighted by Crippen LogP contribution is -1.99. The van der Waals surface area contributed by atoms with Gasteiger partial charge >= 0.3 is 0 Å². The molecule has 0 aliphatic rings. The van der Waals surface area contributed by atoms with Crippen LogP contribution in [0.1, 0.15) is 39.1 Å². The summed E-state index contributed by atoms with van der Waals surface area (Å²) >= 11 is 5.29. The number of thioether (sulfide) groups is 1. The minimum atomic E-state index is 0.360. The molecule has 4 nitrogen and oxygen atoms in total. The van der Waals surface area contributed by atoms with Gasteiger partial charge in [0.2, 0.25) is 0 Å². The van der Waals surface area contributed by atoms with Crippen LogP contribution in [0.2, 0.25) is 0 Å². The van der Waals surface area contributed by atoms with E-state index in [0.29, 0.717) is 5.25 Å². The van der Waals surface area contributed by atoms with Crippen LogP contribution in [-0.2, 0) is 12.8 Å². The van der Waals surface area contributed by atoms with Gasteiger partial charge < -0.3 is 0 Å². The lowest BCUT2D eigenvalue weighted by molar-refractivity contribution is 0.846. The largest absolute Gasteiger partial charge is 0.151 e. The van der Waals surface area contributed by atoms with Crippen LogP contribution < -0.4 is 0 Å². The van der Waals surface area contributed by atoms with E-state index in [1.54, 1.807) is 22.7 Å². The molecule has 0 fully saturated rings. The molecule has 0 saturated heterocycles. The van der Waals surface area contributed by atoms with Gasteiger partial charge in [-0.2, -0.15) is 11.8 Å². The second kappa shape index (κ2) is 6.58. The molecule has 2 rings (SSSR count). The Morgan fingerprint density at radius 2 is 1.83 bits per heavy atom. The van der Waals surface area contributed by atoms with E-state index >= 15 is 0 Å². The third-order valence-electron chi connectivity index (χ3n) is 2.36. The zero-order chi connectivity index (χ0) is 13.0. The van der Waals surface area contributed by atoms with Gasteiger partial charge in [-0.25, -0.2) is 0 Å². The van der Waals surface area contributed by atoms with Crippen molar-refractivity contribution in [3.8, 4) is 0 Å². The molecule has 2 aromatic heterocycles. The predicted molar refractivity (Wildman–Crippen MR) is 78.5 cm³/mol. The zero-order valence-corrected chi connectivity index (χ0v) is 13.2. The van der Waals surface area contributed by atoms with Gasteiger partial charge in [-0.15, -0.1) is 43.1 Å². The van der Waals surface area contributed by atoms with Crippen molar-refractivity contribution in [2.45, 2.75) is 38.9 Å². The SMILES string of the molecule is CCSC(Cc1nnc(CC)s1)c1nnc(C)s1. The summed E-state index contributed by atoms with van der Waals surface area (Å²) in [5, 5.41) is 21.5. The first-order valence-corrected chi connectivity index (χ1v) is 8.64. The highest BCUT2D eigenvalue weighted by Gasteiger charge is 2.18. The molecule has 2 aromatic rings. The third kappa shape index (κ3) is 3.49. The Labute approximate surface area is 119 Å². The number of aromatic nitrogens is 4. The van der Waals surface area contributed by atoms with Crippen molar-refractivity contribution in [1.82, 2.24) is 20.4 Å². The van der Waals surface area contributed by atoms with E-state index in [9.17, 15) is 0 Å². The van der Waals surface area contributed by atoms with Crippen molar-refractivity contribution < 1.29 is 0 Å². The molecular weight excluding hydrogens is 284 g/mol. The van der Waals surface area contributed by atoms with Crippen LogP contribution in [-0.4, -0.2) is 26.1 Å². The van der Waals surface area contributed by atoms with Crippen LogP contribution in [0.4, 0.5) is 0 Å². The molecule has 0 bridgehead atoms. The molecule has 7 heteroatoms. The summed E-state index contributed by atoms with van der Waals surface area (Å²) in [5.74, 6) is 1.07. The topological polar surface area (TPSA) is 51.6 Å². The lowest BCUT2D eigenvalue weighted by atomic mass is 10.3. The summed E-state index contributed by atoms with van der Waals surface area (Å²) in [7, 11) is 0. The third-order valence-corrected chi connectivity index (χ3v) is 5.67. The fourth-order valence-corrected chi connectivity index (χ4v) is 4.37. The van der Waals surface area contributed by atoms with E-state index in [0.717, 1.165) is 38.6 Å².